The molecule has 2 unspecified atom stereocenters. The largest absolute Gasteiger partial charge is 0.360 e. The minimum atomic E-state index is -3.85. The van der Waals surface area contributed by atoms with Gasteiger partial charge in [-0.3, -0.25) is 19.4 Å². The van der Waals surface area contributed by atoms with Crippen LogP contribution in [-0.2, 0) is 33.8 Å². The van der Waals surface area contributed by atoms with Crippen molar-refractivity contribution in [1.82, 2.24) is 10.3 Å². The Bertz CT molecular complexity index is 604. The molecule has 0 saturated heterocycles. The number of pyridine rings is 1. The Hall–Kier alpha value is -0.590. The van der Waals surface area contributed by atoms with Gasteiger partial charge in [0.05, 0.1) is 25.9 Å². The molecule has 10 heteroatoms. The van der Waals surface area contributed by atoms with E-state index in [-0.39, 0.29) is 26.4 Å². The van der Waals surface area contributed by atoms with E-state index in [1.165, 1.54) is 0 Å². The van der Waals surface area contributed by atoms with Crippen molar-refractivity contribution < 1.29 is 27.2 Å². The second-order valence-electron chi connectivity index (χ2n) is 5.60. The van der Waals surface area contributed by atoms with Crippen LogP contribution in [0, 0.1) is 0 Å². The van der Waals surface area contributed by atoms with Crippen molar-refractivity contribution in [2.45, 2.75) is 52.8 Å². The molecule has 1 aromatic rings. The average molecular weight is 408 g/mol. The first-order valence-electron chi connectivity index (χ1n) is 8.75. The molecule has 0 radical (unpaired) electrons. The summed E-state index contributed by atoms with van der Waals surface area (Å²) in [5.41, 5.74) is -0.429. The average Bonchev–Trinajstić information content (AvgIpc) is 2.55. The van der Waals surface area contributed by atoms with Crippen molar-refractivity contribution in [2.24, 2.45) is 0 Å². The van der Waals surface area contributed by atoms with Gasteiger partial charge < -0.3 is 18.1 Å². The van der Waals surface area contributed by atoms with E-state index in [4.69, 9.17) is 18.1 Å². The first-order valence-corrected chi connectivity index (χ1v) is 12.0. The first-order chi connectivity index (χ1) is 12.3. The summed E-state index contributed by atoms with van der Waals surface area (Å²) in [6, 6.07) is 3.63. The van der Waals surface area contributed by atoms with Crippen LogP contribution in [0.25, 0.3) is 0 Å². The Balaban J connectivity index is 3.24. The van der Waals surface area contributed by atoms with Crippen LogP contribution in [0.5, 0.6) is 0 Å². The Labute approximate surface area is 156 Å². The van der Waals surface area contributed by atoms with Gasteiger partial charge in [0.15, 0.2) is 0 Å². The summed E-state index contributed by atoms with van der Waals surface area (Å²) < 4.78 is 48.7. The zero-order chi connectivity index (χ0) is 19.6. The Kier molecular flexibility index (Phi) is 10.2. The summed E-state index contributed by atoms with van der Waals surface area (Å²) in [5, 5.41) is 3.01. The highest BCUT2D eigenvalue weighted by Crippen LogP contribution is 2.69. The Morgan fingerprint density at radius 3 is 2.08 bits per heavy atom. The van der Waals surface area contributed by atoms with E-state index in [0.717, 1.165) is 5.56 Å². The molecule has 0 aliphatic heterocycles. The highest BCUT2D eigenvalue weighted by Gasteiger charge is 2.51. The van der Waals surface area contributed by atoms with Gasteiger partial charge in [-0.05, 0) is 46.2 Å². The molecule has 2 atom stereocenters. The predicted molar refractivity (Wildman–Crippen MR) is 101 cm³/mol. The lowest BCUT2D eigenvalue weighted by atomic mass is 10.3. The second-order valence-corrected chi connectivity index (χ2v) is 10.2. The Morgan fingerprint density at radius 2 is 1.62 bits per heavy atom. The van der Waals surface area contributed by atoms with Gasteiger partial charge >= 0.3 is 15.2 Å². The summed E-state index contributed by atoms with van der Waals surface area (Å²) in [4.78, 5) is 4.04. The maximum Gasteiger partial charge on any atom is 0.360 e. The van der Waals surface area contributed by atoms with Gasteiger partial charge in [-0.2, -0.15) is 0 Å². The quantitative estimate of drug-likeness (QED) is 0.481. The fraction of sp³-hybridized carbons (Fsp3) is 0.688. The minimum Gasteiger partial charge on any atom is -0.307 e. The number of rotatable bonds is 13. The molecule has 1 N–H and O–H groups in total. The number of nitrogens with zero attached hydrogens (tertiary/aromatic N) is 1. The summed E-state index contributed by atoms with van der Waals surface area (Å²) >= 11 is 0. The SMILES string of the molecule is CCOP(=O)(OCC)C(NCc1cccnc1)P(=O)(OCC)OC(C)C. The van der Waals surface area contributed by atoms with Gasteiger partial charge in [0.25, 0.3) is 0 Å². The molecular formula is C16H30N2O6P2. The smallest absolute Gasteiger partial charge is 0.307 e. The van der Waals surface area contributed by atoms with Crippen LogP contribution in [-0.4, -0.2) is 36.4 Å². The molecule has 0 saturated carbocycles. The summed E-state index contributed by atoms with van der Waals surface area (Å²) in [6.07, 6.45) is 2.91. The van der Waals surface area contributed by atoms with Crippen LogP contribution in [0.2, 0.25) is 0 Å². The molecule has 1 rings (SSSR count). The lowest BCUT2D eigenvalue weighted by Crippen LogP contribution is -2.32. The van der Waals surface area contributed by atoms with E-state index in [1.54, 1.807) is 53.1 Å². The molecule has 150 valence electrons. The third-order valence-corrected chi connectivity index (χ3v) is 8.93. The molecule has 0 aliphatic rings. The molecule has 0 spiro atoms. The molecule has 0 aliphatic carbocycles. The van der Waals surface area contributed by atoms with Gasteiger partial charge in [0.2, 0.25) is 5.52 Å². The van der Waals surface area contributed by atoms with Crippen molar-refractivity contribution in [2.75, 3.05) is 19.8 Å². The highest BCUT2D eigenvalue weighted by molar-refractivity contribution is 7.72. The molecule has 1 aromatic heterocycles. The molecule has 0 fully saturated rings. The predicted octanol–water partition coefficient (Wildman–Crippen LogP) is 4.38. The normalized spacial score (nSPS) is 15.8. The van der Waals surface area contributed by atoms with Gasteiger partial charge in [-0.1, -0.05) is 6.07 Å². The van der Waals surface area contributed by atoms with Crippen molar-refractivity contribution >= 4 is 15.2 Å². The van der Waals surface area contributed by atoms with E-state index >= 15 is 0 Å². The van der Waals surface area contributed by atoms with E-state index < -0.39 is 26.8 Å². The third kappa shape index (κ3) is 6.86. The maximum atomic E-state index is 13.5. The standard InChI is InChI=1S/C16H30N2O6P2/c1-6-21-25(19,22-7-2)16(18-13-15-10-9-11-17-12-15)26(20,23-8-3)24-14(4)5/h9-12,14,16,18H,6-8,13H2,1-5H3. The zero-order valence-corrected chi connectivity index (χ0v) is 17.9. The van der Waals surface area contributed by atoms with E-state index in [0.29, 0.717) is 0 Å². The molecule has 26 heavy (non-hydrogen) atoms. The summed E-state index contributed by atoms with van der Waals surface area (Å²) in [5.74, 6) is 0. The van der Waals surface area contributed by atoms with E-state index in [2.05, 4.69) is 10.3 Å². The summed E-state index contributed by atoms with van der Waals surface area (Å²) in [6.45, 7) is 9.20. The number of nitrogens with one attached hydrogen (secondary N) is 1. The van der Waals surface area contributed by atoms with Crippen LogP contribution in [0.1, 0.15) is 40.2 Å². The zero-order valence-electron chi connectivity index (χ0n) is 16.1. The van der Waals surface area contributed by atoms with Gasteiger partial charge in [0.1, 0.15) is 0 Å². The first kappa shape index (κ1) is 23.4. The molecule has 0 amide bonds. The number of aromatic nitrogens is 1. The lowest BCUT2D eigenvalue weighted by molar-refractivity contribution is 0.160. The highest BCUT2D eigenvalue weighted by atomic mass is 31.2. The Morgan fingerprint density at radius 1 is 1.04 bits per heavy atom. The minimum absolute atomic E-state index is 0.132. The van der Waals surface area contributed by atoms with Crippen LogP contribution >= 0.6 is 15.2 Å². The molecule has 0 bridgehead atoms. The van der Waals surface area contributed by atoms with Crippen molar-refractivity contribution in [3.05, 3.63) is 30.1 Å². The topological polar surface area (TPSA) is 96.0 Å². The lowest BCUT2D eigenvalue weighted by Gasteiger charge is -2.32. The van der Waals surface area contributed by atoms with Crippen LogP contribution in [0.15, 0.2) is 24.5 Å². The number of hydrogen-bond donors (Lipinski definition) is 1. The fourth-order valence-corrected chi connectivity index (χ4v) is 7.40. The van der Waals surface area contributed by atoms with Gasteiger partial charge in [-0.25, -0.2) is 0 Å². The fourth-order valence-electron chi connectivity index (χ4n) is 2.28. The maximum absolute atomic E-state index is 13.5. The van der Waals surface area contributed by atoms with Crippen molar-refractivity contribution in [3.8, 4) is 0 Å². The van der Waals surface area contributed by atoms with Gasteiger partial charge in [0, 0.05) is 18.9 Å². The van der Waals surface area contributed by atoms with E-state index in [1.807, 2.05) is 6.07 Å². The summed E-state index contributed by atoms with van der Waals surface area (Å²) in [7, 11) is -7.67. The van der Waals surface area contributed by atoms with E-state index in [9.17, 15) is 9.13 Å². The molecule has 0 aromatic carbocycles. The molecule has 8 nitrogen and oxygen atoms in total. The van der Waals surface area contributed by atoms with Crippen molar-refractivity contribution in [3.63, 3.8) is 0 Å². The number of hydrogen-bond acceptors (Lipinski definition) is 8. The van der Waals surface area contributed by atoms with Crippen LogP contribution in [0.3, 0.4) is 0 Å². The molecular weight excluding hydrogens is 378 g/mol. The second kappa shape index (κ2) is 11.3. The van der Waals surface area contributed by atoms with Crippen LogP contribution < -0.4 is 5.32 Å². The molecule has 1 heterocycles. The van der Waals surface area contributed by atoms with Crippen LogP contribution in [0.4, 0.5) is 0 Å². The van der Waals surface area contributed by atoms with Gasteiger partial charge in [-0.15, -0.1) is 0 Å². The monoisotopic (exact) mass is 408 g/mol. The van der Waals surface area contributed by atoms with Crippen molar-refractivity contribution in [1.29, 1.82) is 0 Å². The third-order valence-electron chi connectivity index (χ3n) is 3.10.